The quantitative estimate of drug-likeness (QED) is 0.399. The van der Waals surface area contributed by atoms with Gasteiger partial charge in [-0.05, 0) is 0 Å². The number of benzene rings is 2. The summed E-state index contributed by atoms with van der Waals surface area (Å²) in [6.07, 6.45) is 2.11. The molecule has 2 aromatic rings. The van der Waals surface area contributed by atoms with Crippen molar-refractivity contribution in [2.45, 2.75) is 0 Å². The van der Waals surface area contributed by atoms with Crippen LogP contribution in [0.1, 0.15) is 11.1 Å². The van der Waals surface area contributed by atoms with Gasteiger partial charge in [0.25, 0.3) is 5.91 Å². The van der Waals surface area contributed by atoms with Crippen LogP contribution in [0.25, 0.3) is 0 Å². The van der Waals surface area contributed by atoms with E-state index in [4.69, 9.17) is 0 Å². The number of methoxy groups -OCH3 is 1. The highest BCUT2D eigenvalue weighted by Gasteiger charge is 2.07. The zero-order valence-corrected chi connectivity index (χ0v) is 12.6. The van der Waals surface area contributed by atoms with Gasteiger partial charge in [-0.3, -0.25) is 4.79 Å². The van der Waals surface area contributed by atoms with Crippen molar-refractivity contribution in [2.24, 2.45) is 5.10 Å². The number of carbonyl (C=O) groups is 2. The van der Waals surface area contributed by atoms with Gasteiger partial charge in [0, 0.05) is 23.3 Å². The first kappa shape index (κ1) is 16.2. The maximum absolute atomic E-state index is 11.7. The van der Waals surface area contributed by atoms with Gasteiger partial charge in [0.2, 0.25) is 0 Å². The Hall–Kier alpha value is -3.21. The SMILES string of the molecule is COC(=O)C=CC(=O)NN=C(c1ccccc1)c1ccccc1. The Morgan fingerprint density at radius 1 is 0.913 bits per heavy atom. The first-order chi connectivity index (χ1) is 11.2. The number of amides is 1. The van der Waals surface area contributed by atoms with Crippen LogP contribution in [0, 0.1) is 0 Å². The van der Waals surface area contributed by atoms with Crippen molar-refractivity contribution in [3.8, 4) is 0 Å². The minimum atomic E-state index is -0.601. The van der Waals surface area contributed by atoms with E-state index >= 15 is 0 Å². The molecule has 5 heteroatoms. The summed E-state index contributed by atoms with van der Waals surface area (Å²) in [6.45, 7) is 0. The van der Waals surface area contributed by atoms with E-state index < -0.39 is 11.9 Å². The summed E-state index contributed by atoms with van der Waals surface area (Å²) in [5, 5.41) is 4.18. The van der Waals surface area contributed by atoms with Gasteiger partial charge in [-0.1, -0.05) is 60.7 Å². The van der Waals surface area contributed by atoms with Gasteiger partial charge in [0.15, 0.2) is 0 Å². The lowest BCUT2D eigenvalue weighted by Crippen LogP contribution is -2.18. The summed E-state index contributed by atoms with van der Waals surface area (Å²) in [5.74, 6) is -1.12. The predicted octanol–water partition coefficient (Wildman–Crippen LogP) is 2.28. The first-order valence-electron chi connectivity index (χ1n) is 6.95. The second kappa shape index (κ2) is 8.29. The average molecular weight is 308 g/mol. The van der Waals surface area contributed by atoms with E-state index in [2.05, 4.69) is 15.3 Å². The van der Waals surface area contributed by atoms with Crippen molar-refractivity contribution in [3.05, 3.63) is 83.9 Å². The third-order valence-electron chi connectivity index (χ3n) is 2.94. The normalized spacial score (nSPS) is 10.1. The maximum Gasteiger partial charge on any atom is 0.330 e. The van der Waals surface area contributed by atoms with Crippen LogP contribution in [0.3, 0.4) is 0 Å². The molecule has 0 aliphatic rings. The van der Waals surface area contributed by atoms with Crippen molar-refractivity contribution in [3.63, 3.8) is 0 Å². The summed E-state index contributed by atoms with van der Waals surface area (Å²) in [7, 11) is 1.24. The number of hydrogen-bond donors (Lipinski definition) is 1. The van der Waals surface area contributed by atoms with Crippen LogP contribution in [0.4, 0.5) is 0 Å². The number of nitrogens with zero attached hydrogens (tertiary/aromatic N) is 1. The number of hydrazone groups is 1. The molecule has 23 heavy (non-hydrogen) atoms. The maximum atomic E-state index is 11.7. The van der Waals surface area contributed by atoms with Gasteiger partial charge < -0.3 is 4.74 Å². The Bertz CT molecular complexity index is 681. The van der Waals surface area contributed by atoms with Crippen LogP contribution < -0.4 is 5.43 Å². The van der Waals surface area contributed by atoms with Gasteiger partial charge in [-0.15, -0.1) is 0 Å². The Balaban J connectivity index is 2.23. The fourth-order valence-electron chi connectivity index (χ4n) is 1.85. The molecule has 0 spiro atoms. The van der Waals surface area contributed by atoms with Crippen LogP contribution in [-0.2, 0) is 14.3 Å². The van der Waals surface area contributed by atoms with E-state index in [0.717, 1.165) is 23.3 Å². The lowest BCUT2D eigenvalue weighted by Gasteiger charge is -2.07. The van der Waals surface area contributed by atoms with Gasteiger partial charge in [0.1, 0.15) is 0 Å². The molecular formula is C18H16N2O3. The monoisotopic (exact) mass is 308 g/mol. The molecule has 5 nitrogen and oxygen atoms in total. The van der Waals surface area contributed by atoms with Crippen LogP contribution in [0.5, 0.6) is 0 Å². The fraction of sp³-hybridized carbons (Fsp3) is 0.0556. The summed E-state index contributed by atoms with van der Waals surface area (Å²) in [6, 6.07) is 19.0. The predicted molar refractivity (Wildman–Crippen MR) is 87.8 cm³/mol. The smallest absolute Gasteiger partial charge is 0.330 e. The van der Waals surface area contributed by atoms with E-state index in [9.17, 15) is 9.59 Å². The number of ether oxygens (including phenoxy) is 1. The molecule has 0 saturated carbocycles. The number of rotatable bonds is 5. The topological polar surface area (TPSA) is 67.8 Å². The average Bonchev–Trinajstić information content (AvgIpc) is 2.61. The molecule has 0 radical (unpaired) electrons. The van der Waals surface area contributed by atoms with Gasteiger partial charge in [-0.25, -0.2) is 10.2 Å². The molecule has 116 valence electrons. The lowest BCUT2D eigenvalue weighted by atomic mass is 10.0. The summed E-state index contributed by atoms with van der Waals surface area (Å²) >= 11 is 0. The molecule has 0 aliphatic carbocycles. The highest BCUT2D eigenvalue weighted by Crippen LogP contribution is 2.10. The van der Waals surface area contributed by atoms with Gasteiger partial charge in [-0.2, -0.15) is 5.10 Å². The molecule has 1 N–H and O–H groups in total. The Kier molecular flexibility index (Phi) is 5.82. The van der Waals surface area contributed by atoms with Crippen LogP contribution in [0.2, 0.25) is 0 Å². The van der Waals surface area contributed by atoms with Crippen molar-refractivity contribution in [1.82, 2.24) is 5.43 Å². The Labute approximate surface area is 134 Å². The summed E-state index contributed by atoms with van der Waals surface area (Å²) in [4.78, 5) is 22.7. The second-order valence-corrected chi connectivity index (χ2v) is 4.53. The third-order valence-corrected chi connectivity index (χ3v) is 2.94. The molecule has 0 aromatic heterocycles. The van der Waals surface area contributed by atoms with Crippen LogP contribution >= 0.6 is 0 Å². The molecule has 1 amide bonds. The molecule has 0 fully saturated rings. The lowest BCUT2D eigenvalue weighted by molar-refractivity contribution is -0.135. The molecule has 0 atom stereocenters. The summed E-state index contributed by atoms with van der Waals surface area (Å²) in [5.41, 5.74) is 4.79. The first-order valence-corrected chi connectivity index (χ1v) is 6.95. The van der Waals surface area contributed by atoms with E-state index in [1.807, 2.05) is 60.7 Å². The molecule has 0 aliphatic heterocycles. The van der Waals surface area contributed by atoms with E-state index in [1.54, 1.807) is 0 Å². The molecule has 2 aromatic carbocycles. The van der Waals surface area contributed by atoms with Crippen molar-refractivity contribution in [1.29, 1.82) is 0 Å². The molecule has 0 unspecified atom stereocenters. The van der Waals surface area contributed by atoms with Gasteiger partial charge in [0.05, 0.1) is 12.8 Å². The number of carbonyl (C=O) groups excluding carboxylic acids is 2. The van der Waals surface area contributed by atoms with Crippen molar-refractivity contribution >= 4 is 17.6 Å². The molecule has 0 heterocycles. The highest BCUT2D eigenvalue weighted by molar-refractivity contribution is 6.13. The third kappa shape index (κ3) is 4.93. The standard InChI is InChI=1S/C18H16N2O3/c1-23-17(22)13-12-16(21)19-20-18(14-8-4-2-5-9-14)15-10-6-3-7-11-15/h2-13H,1H3,(H,19,21). The molecule has 0 saturated heterocycles. The Morgan fingerprint density at radius 2 is 1.43 bits per heavy atom. The van der Waals surface area contributed by atoms with E-state index in [-0.39, 0.29) is 0 Å². The van der Waals surface area contributed by atoms with Gasteiger partial charge >= 0.3 is 5.97 Å². The highest BCUT2D eigenvalue weighted by atomic mass is 16.5. The number of hydrogen-bond acceptors (Lipinski definition) is 4. The molecule has 0 bridgehead atoms. The van der Waals surface area contributed by atoms with E-state index in [1.165, 1.54) is 7.11 Å². The minimum Gasteiger partial charge on any atom is -0.466 e. The van der Waals surface area contributed by atoms with Crippen molar-refractivity contribution < 1.29 is 14.3 Å². The number of nitrogens with one attached hydrogen (secondary N) is 1. The zero-order valence-electron chi connectivity index (χ0n) is 12.6. The minimum absolute atomic E-state index is 0.514. The summed E-state index contributed by atoms with van der Waals surface area (Å²) < 4.78 is 4.42. The Morgan fingerprint density at radius 3 is 1.91 bits per heavy atom. The largest absolute Gasteiger partial charge is 0.466 e. The number of esters is 1. The molecular weight excluding hydrogens is 292 g/mol. The fourth-order valence-corrected chi connectivity index (χ4v) is 1.85. The van der Waals surface area contributed by atoms with Crippen LogP contribution in [0.15, 0.2) is 77.9 Å². The molecule has 2 rings (SSSR count). The van der Waals surface area contributed by atoms with E-state index in [0.29, 0.717) is 5.71 Å². The second-order valence-electron chi connectivity index (χ2n) is 4.53. The van der Waals surface area contributed by atoms with Crippen LogP contribution in [-0.4, -0.2) is 24.7 Å². The zero-order chi connectivity index (χ0) is 16.5. The van der Waals surface area contributed by atoms with Crippen molar-refractivity contribution in [2.75, 3.05) is 7.11 Å².